The maximum atomic E-state index is 9.62. The summed E-state index contributed by atoms with van der Waals surface area (Å²) in [5.74, 6) is 0.912. The second kappa shape index (κ2) is 9.47. The zero-order valence-electron chi connectivity index (χ0n) is 19.8. The molecule has 0 aliphatic carbocycles. The number of aromatic nitrogens is 1. The molecule has 1 saturated heterocycles. The lowest BCUT2D eigenvalue weighted by atomic mass is 10.2. The van der Waals surface area contributed by atoms with E-state index in [1.807, 2.05) is 30.3 Å². The lowest BCUT2D eigenvalue weighted by Crippen LogP contribution is -2.43. The molecule has 31 heavy (non-hydrogen) atoms. The first-order valence-electron chi connectivity index (χ1n) is 11.1. The van der Waals surface area contributed by atoms with Crippen LogP contribution in [0.2, 0.25) is 18.1 Å². The van der Waals surface area contributed by atoms with Gasteiger partial charge in [-0.3, -0.25) is 4.90 Å². The van der Waals surface area contributed by atoms with Crippen LogP contribution in [0.3, 0.4) is 0 Å². The van der Waals surface area contributed by atoms with Crippen LogP contribution in [-0.2, 0) is 11.3 Å². The fraction of sp³-hybridized carbons (Fsp3) is 0.542. The first kappa shape index (κ1) is 23.4. The van der Waals surface area contributed by atoms with E-state index < -0.39 is 8.32 Å². The third-order valence-corrected chi connectivity index (χ3v) is 10.9. The van der Waals surface area contributed by atoms with Gasteiger partial charge < -0.3 is 19.0 Å². The van der Waals surface area contributed by atoms with E-state index in [-0.39, 0.29) is 5.04 Å². The Morgan fingerprint density at radius 3 is 2.35 bits per heavy atom. The molecule has 7 heteroatoms. The summed E-state index contributed by atoms with van der Waals surface area (Å²) in [4.78, 5) is 2.39. The van der Waals surface area contributed by atoms with Crippen LogP contribution >= 0.6 is 0 Å². The van der Waals surface area contributed by atoms with Gasteiger partial charge in [-0.05, 0) is 55.4 Å². The summed E-state index contributed by atoms with van der Waals surface area (Å²) in [5, 5.41) is 13.3. The molecule has 2 heterocycles. The molecule has 2 aromatic rings. The SMILES string of the molecule is Cc1c(Nc2ccc(O[Si](C)(C)C(C)(C)C)cc2)cc(C#N)n1CCN1CCOCC1. The summed E-state index contributed by atoms with van der Waals surface area (Å²) in [6.45, 7) is 18.5. The van der Waals surface area contributed by atoms with Crippen molar-refractivity contribution in [1.82, 2.24) is 9.47 Å². The Bertz CT molecular complexity index is 917. The molecule has 168 valence electrons. The van der Waals surface area contributed by atoms with Gasteiger partial charge in [0.2, 0.25) is 8.32 Å². The molecule has 6 nitrogen and oxygen atoms in total. The lowest BCUT2D eigenvalue weighted by Gasteiger charge is -2.36. The molecule has 1 N–H and O–H groups in total. The monoisotopic (exact) mass is 440 g/mol. The highest BCUT2D eigenvalue weighted by Crippen LogP contribution is 2.37. The lowest BCUT2D eigenvalue weighted by molar-refractivity contribution is 0.0363. The number of hydrogen-bond acceptors (Lipinski definition) is 5. The van der Waals surface area contributed by atoms with E-state index in [1.165, 1.54) is 0 Å². The van der Waals surface area contributed by atoms with Crippen molar-refractivity contribution < 1.29 is 9.16 Å². The molecule has 0 amide bonds. The summed E-state index contributed by atoms with van der Waals surface area (Å²) in [5.41, 5.74) is 3.72. The Kier molecular flexibility index (Phi) is 7.15. The minimum absolute atomic E-state index is 0.166. The van der Waals surface area contributed by atoms with E-state index in [0.717, 1.165) is 62.2 Å². The molecule has 0 unspecified atom stereocenters. The van der Waals surface area contributed by atoms with Crippen molar-refractivity contribution in [3.05, 3.63) is 41.7 Å². The standard InChI is InChI=1S/C24H36N4O2Si/c1-19-23(17-21(18-25)28(19)12-11-27-13-15-29-16-14-27)26-20-7-9-22(10-8-20)30-31(5,6)24(2,3)4/h7-10,17,26H,11-16H2,1-6H3. The second-order valence-corrected chi connectivity index (χ2v) is 14.5. The molecule has 0 bridgehead atoms. The summed E-state index contributed by atoms with van der Waals surface area (Å²) in [6.07, 6.45) is 0. The maximum Gasteiger partial charge on any atom is 0.250 e. The minimum Gasteiger partial charge on any atom is -0.544 e. The number of ether oxygens (including phenoxy) is 1. The molecule has 1 aliphatic rings. The van der Waals surface area contributed by atoms with Crippen LogP contribution in [0.25, 0.3) is 0 Å². The van der Waals surface area contributed by atoms with E-state index in [2.05, 4.69) is 61.6 Å². The van der Waals surface area contributed by atoms with Gasteiger partial charge in [0.05, 0.1) is 18.9 Å². The van der Waals surface area contributed by atoms with Crippen LogP contribution in [0.15, 0.2) is 30.3 Å². The maximum absolute atomic E-state index is 9.62. The summed E-state index contributed by atoms with van der Waals surface area (Å²) in [6, 6.07) is 12.4. The van der Waals surface area contributed by atoms with Crippen molar-refractivity contribution in [2.45, 2.75) is 52.4 Å². The molecule has 0 saturated carbocycles. The minimum atomic E-state index is -1.85. The number of hydrogen-bond donors (Lipinski definition) is 1. The van der Waals surface area contributed by atoms with Crippen LogP contribution in [-0.4, -0.2) is 50.6 Å². The smallest absolute Gasteiger partial charge is 0.250 e. The van der Waals surface area contributed by atoms with Gasteiger partial charge in [-0.2, -0.15) is 5.26 Å². The molecular weight excluding hydrogens is 404 g/mol. The van der Waals surface area contributed by atoms with Gasteiger partial charge in [0.15, 0.2) is 0 Å². The number of anilines is 2. The normalized spacial score (nSPS) is 15.5. The van der Waals surface area contributed by atoms with E-state index in [4.69, 9.17) is 9.16 Å². The van der Waals surface area contributed by atoms with Crippen LogP contribution < -0.4 is 9.74 Å². The second-order valence-electron chi connectivity index (χ2n) is 9.76. The molecule has 1 aromatic carbocycles. The van der Waals surface area contributed by atoms with Gasteiger partial charge in [-0.1, -0.05) is 20.8 Å². The predicted octanol–water partition coefficient (Wildman–Crippen LogP) is 5.13. The van der Waals surface area contributed by atoms with Crippen molar-refractivity contribution in [2.75, 3.05) is 38.2 Å². The third kappa shape index (κ3) is 5.70. The van der Waals surface area contributed by atoms with Gasteiger partial charge in [0, 0.05) is 37.6 Å². The molecule has 1 aliphatic heterocycles. The van der Waals surface area contributed by atoms with Gasteiger partial charge in [0.25, 0.3) is 0 Å². The Morgan fingerprint density at radius 1 is 1.13 bits per heavy atom. The average molecular weight is 441 g/mol. The fourth-order valence-corrected chi connectivity index (χ4v) is 4.46. The number of benzene rings is 1. The average Bonchev–Trinajstić information content (AvgIpc) is 3.02. The van der Waals surface area contributed by atoms with Gasteiger partial charge in [-0.25, -0.2) is 0 Å². The summed E-state index contributed by atoms with van der Waals surface area (Å²) >= 11 is 0. The number of morpholine rings is 1. The first-order chi connectivity index (χ1) is 14.6. The Balaban J connectivity index is 1.68. The Hall–Kier alpha value is -2.27. The zero-order valence-corrected chi connectivity index (χ0v) is 20.8. The molecule has 0 spiro atoms. The van der Waals surface area contributed by atoms with Gasteiger partial charge >= 0.3 is 0 Å². The van der Waals surface area contributed by atoms with Crippen molar-refractivity contribution in [1.29, 1.82) is 5.26 Å². The van der Waals surface area contributed by atoms with Crippen molar-refractivity contribution >= 4 is 19.7 Å². The van der Waals surface area contributed by atoms with Crippen LogP contribution in [0.4, 0.5) is 11.4 Å². The highest BCUT2D eigenvalue weighted by Gasteiger charge is 2.38. The van der Waals surface area contributed by atoms with E-state index in [0.29, 0.717) is 5.69 Å². The largest absolute Gasteiger partial charge is 0.544 e. The predicted molar refractivity (Wildman–Crippen MR) is 129 cm³/mol. The molecule has 0 radical (unpaired) electrons. The highest BCUT2D eigenvalue weighted by atomic mass is 28.4. The molecule has 1 aromatic heterocycles. The quantitative estimate of drug-likeness (QED) is 0.605. The number of nitriles is 1. The van der Waals surface area contributed by atoms with Crippen LogP contribution in [0, 0.1) is 18.3 Å². The number of nitrogens with one attached hydrogen (secondary N) is 1. The third-order valence-electron chi connectivity index (χ3n) is 6.54. The molecule has 0 atom stereocenters. The molecular formula is C24H36N4O2Si. The van der Waals surface area contributed by atoms with Crippen LogP contribution in [0.1, 0.15) is 32.2 Å². The van der Waals surface area contributed by atoms with Crippen LogP contribution in [0.5, 0.6) is 5.75 Å². The zero-order chi connectivity index (χ0) is 22.6. The molecule has 1 fully saturated rings. The van der Waals surface area contributed by atoms with E-state index in [9.17, 15) is 5.26 Å². The van der Waals surface area contributed by atoms with Crippen molar-refractivity contribution in [3.8, 4) is 11.8 Å². The Labute approximate surface area is 187 Å². The van der Waals surface area contributed by atoms with E-state index in [1.54, 1.807) is 0 Å². The molecule has 3 rings (SSSR count). The van der Waals surface area contributed by atoms with E-state index >= 15 is 0 Å². The summed E-state index contributed by atoms with van der Waals surface area (Å²) in [7, 11) is -1.85. The highest BCUT2D eigenvalue weighted by molar-refractivity contribution is 6.74. The van der Waals surface area contributed by atoms with Crippen molar-refractivity contribution in [2.24, 2.45) is 0 Å². The van der Waals surface area contributed by atoms with Gasteiger partial charge in [0.1, 0.15) is 17.5 Å². The topological polar surface area (TPSA) is 62.5 Å². The number of rotatable bonds is 7. The first-order valence-corrected chi connectivity index (χ1v) is 14.0. The number of nitrogens with zero attached hydrogens (tertiary/aromatic N) is 3. The van der Waals surface area contributed by atoms with Crippen molar-refractivity contribution in [3.63, 3.8) is 0 Å². The fourth-order valence-electron chi connectivity index (χ4n) is 3.43. The summed E-state index contributed by atoms with van der Waals surface area (Å²) < 4.78 is 13.9. The Morgan fingerprint density at radius 2 is 1.77 bits per heavy atom. The van der Waals surface area contributed by atoms with Gasteiger partial charge in [-0.15, -0.1) is 0 Å².